The Morgan fingerprint density at radius 2 is 1.81 bits per heavy atom. The van der Waals surface area contributed by atoms with Crippen LogP contribution in [-0.4, -0.2) is 35.8 Å². The van der Waals surface area contributed by atoms with Crippen LogP contribution in [0.4, 0.5) is 5.13 Å². The second kappa shape index (κ2) is 5.85. The molecule has 21 heavy (non-hydrogen) atoms. The van der Waals surface area contributed by atoms with Crippen molar-refractivity contribution < 1.29 is 19.1 Å². The lowest BCUT2D eigenvalue weighted by molar-refractivity contribution is -0.222. The van der Waals surface area contributed by atoms with Crippen LogP contribution in [-0.2, 0) is 19.1 Å². The highest BCUT2D eigenvalue weighted by Gasteiger charge is 2.38. The predicted molar refractivity (Wildman–Crippen MR) is 79.9 cm³/mol. The van der Waals surface area contributed by atoms with Gasteiger partial charge < -0.3 is 14.4 Å². The van der Waals surface area contributed by atoms with Crippen molar-refractivity contribution in [2.24, 2.45) is 0 Å². The first-order valence-electron chi connectivity index (χ1n) is 6.75. The van der Waals surface area contributed by atoms with Gasteiger partial charge in [0, 0.05) is 33.1 Å². The van der Waals surface area contributed by atoms with Gasteiger partial charge in [0.15, 0.2) is 5.13 Å². The average Bonchev–Trinajstić information content (AvgIpc) is 2.83. The maximum atomic E-state index is 11.9. The Morgan fingerprint density at radius 3 is 2.33 bits per heavy atom. The summed E-state index contributed by atoms with van der Waals surface area (Å²) in [6.07, 6.45) is 3.09. The third-order valence-corrected chi connectivity index (χ3v) is 3.95. The van der Waals surface area contributed by atoms with Crippen molar-refractivity contribution in [2.45, 2.75) is 33.5 Å². The first-order valence-corrected chi connectivity index (χ1v) is 7.57. The molecule has 6 nitrogen and oxygen atoms in total. The Balaban J connectivity index is 2.24. The van der Waals surface area contributed by atoms with Gasteiger partial charge in [-0.2, -0.15) is 0 Å². The van der Waals surface area contributed by atoms with Gasteiger partial charge in [-0.1, -0.05) is 11.3 Å². The molecule has 2 heterocycles. The molecule has 0 N–H and O–H groups in total. The zero-order valence-corrected chi connectivity index (χ0v) is 13.3. The zero-order chi connectivity index (χ0) is 15.6. The third-order valence-electron chi connectivity index (χ3n) is 2.95. The van der Waals surface area contributed by atoms with Crippen molar-refractivity contribution in [1.82, 2.24) is 4.98 Å². The lowest BCUT2D eigenvalue weighted by Crippen LogP contribution is -2.41. The Hall–Kier alpha value is -1.89. The van der Waals surface area contributed by atoms with Crippen LogP contribution in [0.1, 0.15) is 32.6 Å². The number of ether oxygens (including phenoxy) is 2. The molecular formula is C14H18N2O4S. The van der Waals surface area contributed by atoms with E-state index in [4.69, 9.17) is 9.47 Å². The van der Waals surface area contributed by atoms with Gasteiger partial charge in [0.1, 0.15) is 5.57 Å². The van der Waals surface area contributed by atoms with E-state index in [-0.39, 0.29) is 5.57 Å². The largest absolute Gasteiger partial charge is 0.419 e. The summed E-state index contributed by atoms with van der Waals surface area (Å²) in [5, 5.41) is 0.852. The third kappa shape index (κ3) is 3.41. The first kappa shape index (κ1) is 15.5. The number of hydrogen-bond donors (Lipinski definition) is 0. The molecule has 0 amide bonds. The van der Waals surface area contributed by atoms with Gasteiger partial charge in [-0.05, 0) is 19.9 Å². The lowest BCUT2D eigenvalue weighted by Gasteiger charge is -2.29. The van der Waals surface area contributed by atoms with Crippen LogP contribution < -0.4 is 4.90 Å². The Labute approximate surface area is 127 Å². The number of aromatic nitrogens is 1. The molecular weight excluding hydrogens is 292 g/mol. The monoisotopic (exact) mass is 310 g/mol. The first-order chi connectivity index (χ1) is 9.86. The second-order valence-electron chi connectivity index (χ2n) is 4.95. The topological polar surface area (TPSA) is 68.7 Å². The standard InChI is InChI=1S/C14H18N2O4S/c1-5-16(6-2)13-15-8-9(21-13)7-10-11(17)19-14(3,4)20-12(10)18/h7-8H,5-6H2,1-4H3. The number of anilines is 1. The van der Waals surface area contributed by atoms with E-state index in [9.17, 15) is 9.59 Å². The fourth-order valence-corrected chi connectivity index (χ4v) is 2.89. The van der Waals surface area contributed by atoms with Gasteiger partial charge in [-0.15, -0.1) is 0 Å². The molecule has 0 unspecified atom stereocenters. The quantitative estimate of drug-likeness (QED) is 0.482. The number of carbonyl (C=O) groups excluding carboxylic acids is 2. The molecule has 1 aromatic heterocycles. The summed E-state index contributed by atoms with van der Waals surface area (Å²) in [6, 6.07) is 0. The van der Waals surface area contributed by atoms with E-state index < -0.39 is 17.7 Å². The summed E-state index contributed by atoms with van der Waals surface area (Å²) in [4.78, 5) is 30.8. The molecule has 1 fully saturated rings. The van der Waals surface area contributed by atoms with Gasteiger partial charge in [-0.3, -0.25) is 0 Å². The predicted octanol–water partition coefficient (Wildman–Crippen LogP) is 2.21. The normalized spacial score (nSPS) is 17.2. The molecule has 0 saturated carbocycles. The minimum Gasteiger partial charge on any atom is -0.419 e. The van der Waals surface area contributed by atoms with Crippen LogP contribution in [0.3, 0.4) is 0 Å². The molecule has 2 rings (SSSR count). The second-order valence-corrected chi connectivity index (χ2v) is 6.00. The molecule has 0 atom stereocenters. The van der Waals surface area contributed by atoms with Crippen molar-refractivity contribution in [2.75, 3.05) is 18.0 Å². The van der Waals surface area contributed by atoms with E-state index >= 15 is 0 Å². The molecule has 1 aliphatic rings. The SMILES string of the molecule is CCN(CC)c1ncc(C=C2C(=O)OC(C)(C)OC2=O)s1. The van der Waals surface area contributed by atoms with Gasteiger partial charge in [0.2, 0.25) is 0 Å². The molecule has 1 aromatic rings. The maximum Gasteiger partial charge on any atom is 0.348 e. The summed E-state index contributed by atoms with van der Waals surface area (Å²) in [7, 11) is 0. The summed E-state index contributed by atoms with van der Waals surface area (Å²) in [6.45, 7) is 8.81. The average molecular weight is 310 g/mol. The number of carbonyl (C=O) groups is 2. The fourth-order valence-electron chi connectivity index (χ4n) is 1.90. The molecule has 0 aliphatic carbocycles. The van der Waals surface area contributed by atoms with Crippen molar-refractivity contribution in [3.8, 4) is 0 Å². The van der Waals surface area contributed by atoms with Crippen molar-refractivity contribution in [3.05, 3.63) is 16.6 Å². The van der Waals surface area contributed by atoms with Crippen LogP contribution in [0.25, 0.3) is 6.08 Å². The van der Waals surface area contributed by atoms with Crippen molar-refractivity contribution in [3.63, 3.8) is 0 Å². The van der Waals surface area contributed by atoms with Crippen LogP contribution >= 0.6 is 11.3 Å². The number of esters is 2. The van der Waals surface area contributed by atoms with Crippen LogP contribution in [0.2, 0.25) is 0 Å². The summed E-state index contributed by atoms with van der Waals surface area (Å²) < 4.78 is 10.1. The fraction of sp³-hybridized carbons (Fsp3) is 0.500. The molecule has 0 aromatic carbocycles. The van der Waals surface area contributed by atoms with Gasteiger partial charge >= 0.3 is 11.9 Å². The molecule has 1 aliphatic heterocycles. The van der Waals surface area contributed by atoms with Crippen LogP contribution in [0.15, 0.2) is 11.8 Å². The molecule has 0 spiro atoms. The van der Waals surface area contributed by atoms with Crippen LogP contribution in [0.5, 0.6) is 0 Å². The number of cyclic esters (lactones) is 2. The van der Waals surface area contributed by atoms with Gasteiger partial charge in [0.25, 0.3) is 5.79 Å². The number of rotatable bonds is 4. The van der Waals surface area contributed by atoms with E-state index in [1.165, 1.54) is 31.3 Å². The van der Waals surface area contributed by atoms with E-state index in [0.29, 0.717) is 4.88 Å². The lowest BCUT2D eigenvalue weighted by atomic mass is 10.2. The maximum absolute atomic E-state index is 11.9. The summed E-state index contributed by atoms with van der Waals surface area (Å²) >= 11 is 1.41. The Kier molecular flexibility index (Phi) is 4.32. The summed E-state index contributed by atoms with van der Waals surface area (Å²) in [5.41, 5.74) is -0.107. The summed E-state index contributed by atoms with van der Waals surface area (Å²) in [5.74, 6) is -2.56. The highest BCUT2D eigenvalue weighted by Crippen LogP contribution is 2.28. The molecule has 0 radical (unpaired) electrons. The van der Waals surface area contributed by atoms with E-state index in [0.717, 1.165) is 18.2 Å². The number of thiazole rings is 1. The highest BCUT2D eigenvalue weighted by molar-refractivity contribution is 7.16. The number of hydrogen-bond acceptors (Lipinski definition) is 7. The van der Waals surface area contributed by atoms with Gasteiger partial charge in [-0.25, -0.2) is 14.6 Å². The number of nitrogens with zero attached hydrogens (tertiary/aromatic N) is 2. The minimum atomic E-state index is -1.22. The minimum absolute atomic E-state index is 0.107. The smallest absolute Gasteiger partial charge is 0.348 e. The molecule has 1 saturated heterocycles. The Morgan fingerprint density at radius 1 is 1.24 bits per heavy atom. The molecule has 0 bridgehead atoms. The van der Waals surface area contributed by atoms with E-state index in [1.54, 1.807) is 6.20 Å². The van der Waals surface area contributed by atoms with Crippen molar-refractivity contribution in [1.29, 1.82) is 0 Å². The van der Waals surface area contributed by atoms with Crippen LogP contribution in [0, 0.1) is 0 Å². The Bertz CT molecular complexity index is 566. The molecule has 7 heteroatoms. The van der Waals surface area contributed by atoms with Crippen molar-refractivity contribution >= 4 is 34.5 Å². The molecule has 114 valence electrons. The highest BCUT2D eigenvalue weighted by atomic mass is 32.1. The van der Waals surface area contributed by atoms with E-state index in [1.807, 2.05) is 13.8 Å². The zero-order valence-electron chi connectivity index (χ0n) is 12.5. The van der Waals surface area contributed by atoms with Gasteiger partial charge in [0.05, 0.1) is 4.88 Å². The van der Waals surface area contributed by atoms with E-state index in [2.05, 4.69) is 9.88 Å².